The summed E-state index contributed by atoms with van der Waals surface area (Å²) in [4.78, 5) is 36.4. The Morgan fingerprint density at radius 3 is 2.55 bits per heavy atom. The number of hydrogen-bond donors (Lipinski definition) is 5. The molecule has 0 amide bonds. The van der Waals surface area contributed by atoms with E-state index in [0.29, 0.717) is 45.4 Å². The zero-order valence-electron chi connectivity index (χ0n) is 30.9. The van der Waals surface area contributed by atoms with E-state index in [2.05, 4.69) is 32.9 Å². The Labute approximate surface area is 327 Å². The summed E-state index contributed by atoms with van der Waals surface area (Å²) < 4.78 is 8.30. The molecule has 2 aromatic carbocycles. The van der Waals surface area contributed by atoms with Crippen molar-refractivity contribution in [3.8, 4) is 5.75 Å². The van der Waals surface area contributed by atoms with Crippen LogP contribution in [0.3, 0.4) is 0 Å². The molecule has 0 spiro atoms. The van der Waals surface area contributed by atoms with Crippen LogP contribution >= 0.6 is 22.7 Å². The van der Waals surface area contributed by atoms with Crippen LogP contribution in [0.25, 0.3) is 21.9 Å². The number of phenolic OH excluding ortho intramolecular Hbond substituents is 1. The first kappa shape index (κ1) is 37.5. The number of nitrogens with one attached hydrogen (secondary N) is 2. The first-order valence-corrected chi connectivity index (χ1v) is 20.9. The number of H-pyrrole nitrogens is 1. The van der Waals surface area contributed by atoms with Gasteiger partial charge in [-0.2, -0.15) is 0 Å². The highest BCUT2D eigenvalue weighted by atomic mass is 32.1. The molecule has 55 heavy (non-hydrogen) atoms. The van der Waals surface area contributed by atoms with Crippen LogP contribution in [0.5, 0.6) is 5.75 Å². The number of esters is 1. The maximum Gasteiger partial charge on any atom is 0.349 e. The van der Waals surface area contributed by atoms with E-state index in [9.17, 15) is 24.9 Å². The number of thiophene rings is 2. The molecule has 13 heteroatoms. The summed E-state index contributed by atoms with van der Waals surface area (Å²) in [6, 6.07) is 16.1. The van der Waals surface area contributed by atoms with Crippen molar-refractivity contribution in [2.75, 3.05) is 20.1 Å². The van der Waals surface area contributed by atoms with Gasteiger partial charge in [0.2, 0.25) is 11.2 Å². The quantitative estimate of drug-likeness (QED) is 0.0822. The van der Waals surface area contributed by atoms with E-state index in [1.807, 2.05) is 29.2 Å². The Bertz CT molecular complexity index is 2290. The number of rotatable bonds is 14. The van der Waals surface area contributed by atoms with Crippen LogP contribution in [0.15, 0.2) is 76.5 Å². The van der Waals surface area contributed by atoms with Gasteiger partial charge < -0.3 is 39.8 Å². The van der Waals surface area contributed by atoms with Gasteiger partial charge in [-0.3, -0.25) is 4.79 Å². The Morgan fingerprint density at radius 1 is 1.07 bits per heavy atom. The number of aromatic hydroxyl groups is 1. The molecule has 1 atom stereocenters. The fourth-order valence-electron chi connectivity index (χ4n) is 8.58. The smallest absolute Gasteiger partial charge is 0.349 e. The molecule has 4 heterocycles. The number of imidazole rings is 1. The van der Waals surface area contributed by atoms with Crippen molar-refractivity contribution in [1.82, 2.24) is 24.8 Å². The second-order valence-corrected chi connectivity index (χ2v) is 16.8. The molecule has 1 fully saturated rings. The van der Waals surface area contributed by atoms with Gasteiger partial charge in [-0.25, -0.2) is 9.78 Å². The largest absolute Gasteiger partial charge is 0.506 e. The van der Waals surface area contributed by atoms with Gasteiger partial charge in [-0.15, -0.1) is 22.7 Å². The third kappa shape index (κ3) is 7.49. The van der Waals surface area contributed by atoms with E-state index >= 15 is 0 Å². The zero-order valence-corrected chi connectivity index (χ0v) is 32.5. The molecule has 4 aromatic heterocycles. The molecule has 0 bridgehead atoms. The number of hydrogen-bond acceptors (Lipinski definition) is 11. The number of nitrogens with zero attached hydrogens (tertiary/aromatic N) is 3. The third-order valence-electron chi connectivity index (χ3n) is 11.5. The van der Waals surface area contributed by atoms with Crippen LogP contribution in [0.2, 0.25) is 0 Å². The predicted molar refractivity (Wildman–Crippen MR) is 216 cm³/mol. The number of aliphatic hydroxyl groups excluding tert-OH is 1. The SMILES string of the molecule is CN(CCCn1cnc2cc(CNC[C@H](O)c3ccc(O)c4[nH]c(=O)ccc34)c3c(c21)CCC3)[C@H]1CC[C@H](OC(=O)C(O)(c2cccs2)c2cccs2)CC1. The molecule has 0 radical (unpaired) electrons. The molecular formula is C42H47N5O6S2. The summed E-state index contributed by atoms with van der Waals surface area (Å²) in [5, 5.41) is 40.7. The van der Waals surface area contributed by atoms with Crippen molar-refractivity contribution >= 4 is 50.6 Å². The number of aromatic amines is 1. The molecule has 6 aromatic rings. The fourth-order valence-corrected chi connectivity index (χ4v) is 10.3. The summed E-state index contributed by atoms with van der Waals surface area (Å²) in [6.07, 6.45) is 8.50. The van der Waals surface area contributed by atoms with Crippen molar-refractivity contribution in [3.63, 3.8) is 0 Å². The molecular weight excluding hydrogens is 735 g/mol. The first-order chi connectivity index (χ1) is 26.7. The second-order valence-electron chi connectivity index (χ2n) is 14.9. The number of carbonyl (C=O) groups excluding carboxylic acids is 1. The Morgan fingerprint density at radius 2 is 1.82 bits per heavy atom. The van der Waals surface area contributed by atoms with Crippen LogP contribution in [0.1, 0.15) is 76.6 Å². The fraction of sp³-hybridized carbons (Fsp3) is 0.405. The highest BCUT2D eigenvalue weighted by Gasteiger charge is 2.45. The minimum atomic E-state index is -1.77. The third-order valence-corrected chi connectivity index (χ3v) is 13.4. The number of aromatic nitrogens is 3. The normalized spacial score (nSPS) is 18.0. The van der Waals surface area contributed by atoms with Gasteiger partial charge in [0.25, 0.3) is 0 Å². The van der Waals surface area contributed by atoms with E-state index in [4.69, 9.17) is 9.72 Å². The molecule has 11 nitrogen and oxygen atoms in total. The lowest BCUT2D eigenvalue weighted by Crippen LogP contribution is -2.42. The molecule has 0 unspecified atom stereocenters. The number of aryl methyl sites for hydroxylation is 2. The molecule has 1 saturated carbocycles. The Balaban J connectivity index is 0.842. The molecule has 288 valence electrons. The van der Waals surface area contributed by atoms with Crippen LogP contribution in [-0.2, 0) is 41.1 Å². The molecule has 8 rings (SSSR count). The molecule has 2 aliphatic rings. The number of pyridine rings is 1. The minimum absolute atomic E-state index is 0.0257. The van der Waals surface area contributed by atoms with E-state index in [0.717, 1.165) is 70.0 Å². The lowest BCUT2D eigenvalue weighted by atomic mass is 9.91. The number of benzene rings is 2. The second kappa shape index (κ2) is 16.0. The van der Waals surface area contributed by atoms with Crippen molar-refractivity contribution in [3.05, 3.63) is 114 Å². The van der Waals surface area contributed by atoms with E-state index < -0.39 is 17.7 Å². The number of carbonyl (C=O) groups is 1. The maximum atomic E-state index is 13.5. The minimum Gasteiger partial charge on any atom is -0.506 e. The number of fused-ring (bicyclic) bond motifs is 4. The van der Waals surface area contributed by atoms with Gasteiger partial charge in [-0.1, -0.05) is 18.2 Å². The summed E-state index contributed by atoms with van der Waals surface area (Å²) in [5.41, 5.74) is 5.09. The van der Waals surface area contributed by atoms with Crippen molar-refractivity contribution in [1.29, 1.82) is 0 Å². The number of ether oxygens (including phenoxy) is 1. The summed E-state index contributed by atoms with van der Waals surface area (Å²) >= 11 is 2.72. The molecule has 0 aliphatic heterocycles. The number of phenols is 1. The van der Waals surface area contributed by atoms with Crippen LogP contribution in [0.4, 0.5) is 0 Å². The van der Waals surface area contributed by atoms with E-state index in [1.165, 1.54) is 57.0 Å². The van der Waals surface area contributed by atoms with Gasteiger partial charge in [0.05, 0.1) is 38.7 Å². The summed E-state index contributed by atoms with van der Waals surface area (Å²) in [6.45, 7) is 2.74. The average molecular weight is 782 g/mol. The Hall–Kier alpha value is -4.37. The first-order valence-electron chi connectivity index (χ1n) is 19.1. The van der Waals surface area contributed by atoms with Crippen molar-refractivity contribution in [2.24, 2.45) is 0 Å². The van der Waals surface area contributed by atoms with Gasteiger partial charge >= 0.3 is 5.97 Å². The molecule has 2 aliphatic carbocycles. The van der Waals surface area contributed by atoms with E-state index in [1.54, 1.807) is 24.3 Å². The highest BCUT2D eigenvalue weighted by molar-refractivity contribution is 7.12. The predicted octanol–water partition coefficient (Wildman–Crippen LogP) is 6.13. The average Bonchev–Trinajstić information content (AvgIpc) is 4.03. The Kier molecular flexibility index (Phi) is 10.9. The van der Waals surface area contributed by atoms with Gasteiger partial charge in [0.1, 0.15) is 11.9 Å². The number of aliphatic hydroxyl groups is 2. The molecule has 5 N–H and O–H groups in total. The van der Waals surface area contributed by atoms with Crippen LogP contribution in [-0.4, -0.2) is 73.0 Å². The van der Waals surface area contributed by atoms with Gasteiger partial charge in [0.15, 0.2) is 0 Å². The van der Waals surface area contributed by atoms with Crippen molar-refractivity contribution < 1.29 is 24.9 Å². The van der Waals surface area contributed by atoms with Crippen molar-refractivity contribution in [2.45, 2.75) is 88.3 Å². The lowest BCUT2D eigenvalue weighted by Gasteiger charge is -2.35. The maximum absolute atomic E-state index is 13.5. The van der Waals surface area contributed by atoms with Crippen LogP contribution in [0, 0.1) is 0 Å². The van der Waals surface area contributed by atoms with Crippen LogP contribution < -0.4 is 10.9 Å². The summed E-state index contributed by atoms with van der Waals surface area (Å²) in [7, 11) is 2.19. The highest BCUT2D eigenvalue weighted by Crippen LogP contribution is 2.38. The van der Waals surface area contributed by atoms with E-state index in [-0.39, 0.29) is 17.4 Å². The monoisotopic (exact) mass is 781 g/mol. The van der Waals surface area contributed by atoms with Gasteiger partial charge in [0, 0.05) is 37.1 Å². The lowest BCUT2D eigenvalue weighted by molar-refractivity contribution is -0.169. The summed E-state index contributed by atoms with van der Waals surface area (Å²) in [5.74, 6) is -0.613. The zero-order chi connectivity index (χ0) is 38.1. The van der Waals surface area contributed by atoms with Gasteiger partial charge in [-0.05, 0) is 128 Å². The standard InChI is InChI=1S/C42H47N5O6S2/c1-46(27-10-12-28(13-11-27)53-41(51)42(52,36-8-3-20-54-36)37-9-4-21-55-37)18-5-19-47-25-44-33-22-26(29-6-2-7-32(29)40(33)47)23-43-24-35(49)30-14-16-34(48)39-31(30)15-17-38(50)45-39/h3-4,8-9,14-17,20-22,25,27-28,35,43,48-49,52H,2,5-7,10-13,18-19,23-24H2,1H3,(H,45,50)/t27-,28-,35-/m0/s1. The topological polar surface area (TPSA) is 153 Å². The molecule has 0 saturated heterocycles.